The van der Waals surface area contributed by atoms with E-state index in [1.165, 1.54) is 29.5 Å². The molecule has 0 radical (unpaired) electrons. The molecular weight excluding hydrogens is 370 g/mol. The Balaban J connectivity index is 1.64. The van der Waals surface area contributed by atoms with Crippen molar-refractivity contribution in [2.24, 2.45) is 0 Å². The lowest BCUT2D eigenvalue weighted by Crippen LogP contribution is -2.12. The third-order valence-corrected chi connectivity index (χ3v) is 5.39. The van der Waals surface area contributed by atoms with Crippen LogP contribution in [0.3, 0.4) is 0 Å². The van der Waals surface area contributed by atoms with E-state index < -0.39 is 0 Å². The smallest absolute Gasteiger partial charge is 0.357 e. The highest BCUT2D eigenvalue weighted by atomic mass is 16.5. The molecule has 0 saturated carbocycles. The lowest BCUT2D eigenvalue weighted by atomic mass is 10.00. The summed E-state index contributed by atoms with van der Waals surface area (Å²) in [5.41, 5.74) is 6.11. The third kappa shape index (κ3) is 5.79. The molecular formula is C27H31NO2. The predicted molar refractivity (Wildman–Crippen MR) is 123 cm³/mol. The van der Waals surface area contributed by atoms with E-state index in [1.807, 2.05) is 25.1 Å². The van der Waals surface area contributed by atoms with Crippen LogP contribution in [0.1, 0.15) is 72.8 Å². The molecule has 0 aliphatic heterocycles. The molecule has 0 fully saturated rings. The van der Waals surface area contributed by atoms with E-state index in [-0.39, 0.29) is 12.1 Å². The van der Waals surface area contributed by atoms with Crippen LogP contribution in [-0.4, -0.2) is 11.0 Å². The van der Waals surface area contributed by atoms with E-state index in [0.29, 0.717) is 12.1 Å². The van der Waals surface area contributed by atoms with E-state index in [4.69, 9.17) is 4.74 Å². The van der Waals surface area contributed by atoms with Gasteiger partial charge in [0.1, 0.15) is 11.8 Å². The first-order chi connectivity index (χ1) is 14.6. The van der Waals surface area contributed by atoms with Crippen molar-refractivity contribution in [3.63, 3.8) is 0 Å². The van der Waals surface area contributed by atoms with Crippen LogP contribution in [0.5, 0.6) is 0 Å². The number of carbonyl (C=O) groups is 1. The molecule has 2 aromatic carbocycles. The zero-order valence-corrected chi connectivity index (χ0v) is 18.2. The molecule has 1 heterocycles. The van der Waals surface area contributed by atoms with Gasteiger partial charge in [0.25, 0.3) is 0 Å². The second-order valence-electron chi connectivity index (χ2n) is 7.80. The summed E-state index contributed by atoms with van der Waals surface area (Å²) in [6.45, 7) is 6.30. The number of ether oxygens (including phenoxy) is 1. The van der Waals surface area contributed by atoms with Crippen molar-refractivity contribution in [1.82, 2.24) is 4.98 Å². The summed E-state index contributed by atoms with van der Waals surface area (Å²) in [4.78, 5) is 16.9. The van der Waals surface area contributed by atoms with Crippen LogP contribution in [0.4, 0.5) is 0 Å². The third-order valence-electron chi connectivity index (χ3n) is 5.39. The van der Waals surface area contributed by atoms with Gasteiger partial charge in [0.15, 0.2) is 0 Å². The summed E-state index contributed by atoms with van der Waals surface area (Å²) in [5.74, 6) is -0.371. The number of benzene rings is 2. The number of esters is 1. The second kappa shape index (κ2) is 10.7. The number of carbonyl (C=O) groups excluding carboxylic acids is 1. The van der Waals surface area contributed by atoms with Crippen molar-refractivity contribution >= 4 is 5.97 Å². The Bertz CT molecular complexity index is 928. The average Bonchev–Trinajstić information content (AvgIpc) is 2.79. The van der Waals surface area contributed by atoms with Crippen LogP contribution in [0.15, 0.2) is 66.9 Å². The molecule has 30 heavy (non-hydrogen) atoms. The predicted octanol–water partition coefficient (Wildman–Crippen LogP) is 7.10. The maximum Gasteiger partial charge on any atom is 0.357 e. The highest BCUT2D eigenvalue weighted by Crippen LogP contribution is 2.26. The average molecular weight is 402 g/mol. The number of hydrogen-bond donors (Lipinski definition) is 0. The Kier molecular flexibility index (Phi) is 7.78. The van der Waals surface area contributed by atoms with Gasteiger partial charge in [-0.1, -0.05) is 86.8 Å². The molecule has 3 nitrogen and oxygen atoms in total. The van der Waals surface area contributed by atoms with Gasteiger partial charge in [0.2, 0.25) is 0 Å². The van der Waals surface area contributed by atoms with Crippen molar-refractivity contribution in [2.75, 3.05) is 0 Å². The molecule has 156 valence electrons. The molecule has 1 unspecified atom stereocenters. The van der Waals surface area contributed by atoms with Gasteiger partial charge in [-0.2, -0.15) is 0 Å². The number of hydrogen-bond acceptors (Lipinski definition) is 3. The minimum atomic E-state index is -0.371. The van der Waals surface area contributed by atoms with Gasteiger partial charge in [-0.15, -0.1) is 0 Å². The molecule has 0 bridgehead atoms. The van der Waals surface area contributed by atoms with E-state index >= 15 is 0 Å². The Morgan fingerprint density at radius 3 is 2.13 bits per heavy atom. The fourth-order valence-corrected chi connectivity index (χ4v) is 3.49. The number of unbranched alkanes of at least 4 members (excludes halogenated alkanes) is 2. The van der Waals surface area contributed by atoms with Gasteiger partial charge in [0, 0.05) is 6.20 Å². The molecule has 3 heteroatoms. The van der Waals surface area contributed by atoms with Crippen LogP contribution in [0, 0.1) is 6.92 Å². The SMILES string of the molecule is CCCCCc1ccc(C(=O)OC(CC)c2ccc(-c3ccc(C)cc3)cc2)nc1. The highest BCUT2D eigenvalue weighted by Gasteiger charge is 2.17. The topological polar surface area (TPSA) is 39.2 Å². The summed E-state index contributed by atoms with van der Waals surface area (Å²) in [5, 5.41) is 0. The molecule has 1 atom stereocenters. The normalized spacial score (nSPS) is 11.8. The Morgan fingerprint density at radius 1 is 0.900 bits per heavy atom. The number of pyridine rings is 1. The first kappa shape index (κ1) is 21.8. The number of rotatable bonds is 9. The largest absolute Gasteiger partial charge is 0.453 e. The molecule has 3 rings (SSSR count). The fraction of sp³-hybridized carbons (Fsp3) is 0.333. The van der Waals surface area contributed by atoms with Crippen LogP contribution >= 0.6 is 0 Å². The molecule has 0 N–H and O–H groups in total. The summed E-state index contributed by atoms with van der Waals surface area (Å²) < 4.78 is 5.77. The number of aromatic nitrogens is 1. The zero-order valence-electron chi connectivity index (χ0n) is 18.2. The molecule has 1 aromatic heterocycles. The van der Waals surface area contributed by atoms with E-state index in [0.717, 1.165) is 24.0 Å². The van der Waals surface area contributed by atoms with Gasteiger partial charge >= 0.3 is 5.97 Å². The first-order valence-electron chi connectivity index (χ1n) is 10.9. The van der Waals surface area contributed by atoms with Gasteiger partial charge in [0.05, 0.1) is 0 Å². The molecule has 0 aliphatic carbocycles. The Morgan fingerprint density at radius 2 is 1.57 bits per heavy atom. The Hall–Kier alpha value is -2.94. The maximum absolute atomic E-state index is 12.6. The molecule has 0 spiro atoms. The van der Waals surface area contributed by atoms with Crippen molar-refractivity contribution in [1.29, 1.82) is 0 Å². The monoisotopic (exact) mass is 401 g/mol. The van der Waals surface area contributed by atoms with Crippen LogP contribution in [0.2, 0.25) is 0 Å². The maximum atomic E-state index is 12.6. The minimum absolute atomic E-state index is 0.282. The molecule has 0 aliphatic rings. The van der Waals surface area contributed by atoms with Crippen molar-refractivity contribution in [2.45, 2.75) is 59.0 Å². The van der Waals surface area contributed by atoms with Gasteiger partial charge in [-0.05, 0) is 54.5 Å². The van der Waals surface area contributed by atoms with Crippen molar-refractivity contribution in [3.05, 3.63) is 89.2 Å². The molecule has 0 amide bonds. The van der Waals surface area contributed by atoms with E-state index in [2.05, 4.69) is 55.2 Å². The van der Waals surface area contributed by atoms with Gasteiger partial charge in [-0.25, -0.2) is 9.78 Å². The first-order valence-corrected chi connectivity index (χ1v) is 10.9. The molecule has 3 aromatic rings. The van der Waals surface area contributed by atoms with Crippen LogP contribution in [0.25, 0.3) is 11.1 Å². The fourth-order valence-electron chi connectivity index (χ4n) is 3.49. The molecule has 0 saturated heterocycles. The van der Waals surface area contributed by atoms with E-state index in [9.17, 15) is 4.79 Å². The number of aryl methyl sites for hydroxylation is 2. The Labute approximate surface area is 180 Å². The lowest BCUT2D eigenvalue weighted by Gasteiger charge is -2.17. The van der Waals surface area contributed by atoms with Crippen LogP contribution < -0.4 is 0 Å². The standard InChI is InChI=1S/C27H31NO2/c1-4-6-7-8-21-11-18-25(28-19-21)27(29)30-26(5-2)24-16-14-23(15-17-24)22-12-9-20(3)10-13-22/h9-19,26H,4-8H2,1-3H3. The zero-order chi connectivity index (χ0) is 21.3. The lowest BCUT2D eigenvalue weighted by molar-refractivity contribution is 0.0281. The van der Waals surface area contributed by atoms with Gasteiger partial charge in [-0.3, -0.25) is 0 Å². The summed E-state index contributed by atoms with van der Waals surface area (Å²) in [7, 11) is 0. The number of nitrogens with zero attached hydrogens (tertiary/aromatic N) is 1. The summed E-state index contributed by atoms with van der Waals surface area (Å²) in [6.07, 6.45) is 6.79. The van der Waals surface area contributed by atoms with Gasteiger partial charge < -0.3 is 4.74 Å². The summed E-state index contributed by atoms with van der Waals surface area (Å²) in [6, 6.07) is 20.5. The second-order valence-corrected chi connectivity index (χ2v) is 7.80. The summed E-state index contributed by atoms with van der Waals surface area (Å²) >= 11 is 0. The van der Waals surface area contributed by atoms with Crippen molar-refractivity contribution in [3.8, 4) is 11.1 Å². The highest BCUT2D eigenvalue weighted by molar-refractivity contribution is 5.87. The van der Waals surface area contributed by atoms with E-state index in [1.54, 1.807) is 12.3 Å². The minimum Gasteiger partial charge on any atom is -0.453 e. The quantitative estimate of drug-likeness (QED) is 0.283. The van der Waals surface area contributed by atoms with Crippen molar-refractivity contribution < 1.29 is 9.53 Å². The van der Waals surface area contributed by atoms with Crippen LogP contribution in [-0.2, 0) is 11.2 Å².